The van der Waals surface area contributed by atoms with Gasteiger partial charge in [-0.1, -0.05) is 18.2 Å². The van der Waals surface area contributed by atoms with Gasteiger partial charge in [-0.15, -0.1) is 0 Å². The van der Waals surface area contributed by atoms with Crippen LogP contribution in [0.25, 0.3) is 0 Å². The third-order valence-electron chi connectivity index (χ3n) is 3.51. The van der Waals surface area contributed by atoms with Gasteiger partial charge in [-0.25, -0.2) is 0 Å². The molecule has 1 aliphatic rings. The fourth-order valence-corrected chi connectivity index (χ4v) is 2.41. The molecule has 0 spiro atoms. The molecule has 1 heterocycles. The van der Waals surface area contributed by atoms with Crippen molar-refractivity contribution in [3.05, 3.63) is 30.3 Å². The maximum Gasteiger partial charge on any atom is 0.249 e. The molecule has 2 unspecified atom stereocenters. The summed E-state index contributed by atoms with van der Waals surface area (Å²) in [6, 6.07) is 8.18. The van der Waals surface area contributed by atoms with Crippen LogP contribution in [-0.4, -0.2) is 44.2 Å². The van der Waals surface area contributed by atoms with Crippen LogP contribution in [0.3, 0.4) is 0 Å². The molecule has 0 saturated carbocycles. The third-order valence-corrected chi connectivity index (χ3v) is 3.51. The van der Waals surface area contributed by atoms with Gasteiger partial charge < -0.3 is 20.7 Å². The van der Waals surface area contributed by atoms with Gasteiger partial charge in [-0.05, 0) is 25.0 Å². The summed E-state index contributed by atoms with van der Waals surface area (Å²) in [5.41, 5.74) is 6.52. The zero-order valence-electron chi connectivity index (χ0n) is 12.1. The number of ether oxygens (including phenoxy) is 1. The van der Waals surface area contributed by atoms with Crippen LogP contribution in [0.2, 0.25) is 0 Å². The number of nitrogens with one attached hydrogen (secondary N) is 1. The van der Waals surface area contributed by atoms with Gasteiger partial charge in [0.15, 0.2) is 0 Å². The molecule has 3 N–H and O–H groups in total. The van der Waals surface area contributed by atoms with Gasteiger partial charge in [0.2, 0.25) is 11.8 Å². The molecule has 1 fully saturated rings. The molecule has 0 aliphatic carbocycles. The van der Waals surface area contributed by atoms with E-state index in [1.54, 1.807) is 4.90 Å². The van der Waals surface area contributed by atoms with E-state index in [4.69, 9.17) is 10.5 Å². The maximum atomic E-state index is 12.5. The largest absolute Gasteiger partial charge is 0.383 e. The molecule has 2 amide bonds. The van der Waals surface area contributed by atoms with Crippen LogP contribution in [0, 0.1) is 0 Å². The molecule has 0 radical (unpaired) electrons. The van der Waals surface area contributed by atoms with Crippen molar-refractivity contribution in [3.8, 4) is 0 Å². The van der Waals surface area contributed by atoms with E-state index in [1.807, 2.05) is 30.3 Å². The minimum absolute atomic E-state index is 0.0922. The number of para-hydroxylation sites is 1. The number of amides is 2. The Morgan fingerprint density at radius 2 is 2.19 bits per heavy atom. The van der Waals surface area contributed by atoms with E-state index in [-0.39, 0.29) is 18.4 Å². The summed E-state index contributed by atoms with van der Waals surface area (Å²) in [4.78, 5) is 26.1. The molecule has 1 saturated heterocycles. The number of anilines is 1. The fraction of sp³-hybridized carbons (Fsp3) is 0.467. The predicted octanol–water partition coefficient (Wildman–Crippen LogP) is 0.272. The highest BCUT2D eigenvalue weighted by Crippen LogP contribution is 2.20. The van der Waals surface area contributed by atoms with E-state index in [2.05, 4.69) is 5.32 Å². The topological polar surface area (TPSA) is 84.7 Å². The summed E-state index contributed by atoms with van der Waals surface area (Å²) in [6.45, 7) is 0.800. The monoisotopic (exact) mass is 291 g/mol. The normalized spacial score (nSPS) is 20.2. The number of nitrogens with two attached hydrogens (primary N) is 1. The zero-order valence-corrected chi connectivity index (χ0v) is 12.1. The third kappa shape index (κ3) is 3.80. The lowest BCUT2D eigenvalue weighted by Crippen LogP contribution is -2.56. The number of hydrogen-bond acceptors (Lipinski definition) is 4. The number of benzene rings is 1. The van der Waals surface area contributed by atoms with Gasteiger partial charge in [0.1, 0.15) is 12.1 Å². The molecule has 0 aromatic heterocycles. The van der Waals surface area contributed by atoms with Crippen LogP contribution in [0.4, 0.5) is 5.69 Å². The first-order chi connectivity index (χ1) is 10.1. The van der Waals surface area contributed by atoms with Crippen LogP contribution >= 0.6 is 0 Å². The molecule has 0 bridgehead atoms. The number of rotatable bonds is 5. The van der Waals surface area contributed by atoms with Crippen molar-refractivity contribution in [1.82, 2.24) is 5.32 Å². The second-order valence-electron chi connectivity index (χ2n) is 5.09. The summed E-state index contributed by atoms with van der Waals surface area (Å²) in [7, 11) is 1.48. The first-order valence-electron chi connectivity index (χ1n) is 7.05. The van der Waals surface area contributed by atoms with Crippen molar-refractivity contribution in [2.45, 2.75) is 24.9 Å². The Kier molecular flexibility index (Phi) is 5.30. The summed E-state index contributed by atoms with van der Waals surface area (Å²) in [5.74, 6) is -0.449. The number of hydrogen-bond donors (Lipinski definition) is 2. The quantitative estimate of drug-likeness (QED) is 0.815. The van der Waals surface area contributed by atoms with Crippen LogP contribution in [0.5, 0.6) is 0 Å². The van der Waals surface area contributed by atoms with E-state index >= 15 is 0 Å². The molecular weight excluding hydrogens is 270 g/mol. The molecule has 21 heavy (non-hydrogen) atoms. The molecule has 1 aliphatic heterocycles. The van der Waals surface area contributed by atoms with E-state index < -0.39 is 12.1 Å². The van der Waals surface area contributed by atoms with Crippen molar-refractivity contribution >= 4 is 17.5 Å². The van der Waals surface area contributed by atoms with E-state index in [1.165, 1.54) is 7.11 Å². The predicted molar refractivity (Wildman–Crippen MR) is 79.8 cm³/mol. The zero-order chi connectivity index (χ0) is 15.2. The lowest BCUT2D eigenvalue weighted by atomic mass is 10.0. The first-order valence-corrected chi connectivity index (χ1v) is 7.05. The molecule has 2 rings (SSSR count). The van der Waals surface area contributed by atoms with Crippen LogP contribution in [0.15, 0.2) is 30.3 Å². The van der Waals surface area contributed by atoms with Crippen molar-refractivity contribution in [1.29, 1.82) is 0 Å². The highest BCUT2D eigenvalue weighted by Gasteiger charge is 2.31. The lowest BCUT2D eigenvalue weighted by molar-refractivity contribution is -0.129. The van der Waals surface area contributed by atoms with Gasteiger partial charge in [0.25, 0.3) is 0 Å². The summed E-state index contributed by atoms with van der Waals surface area (Å²) in [6.07, 6.45) is 1.47. The van der Waals surface area contributed by atoms with Gasteiger partial charge >= 0.3 is 0 Å². The van der Waals surface area contributed by atoms with Crippen LogP contribution in [-0.2, 0) is 14.3 Å². The van der Waals surface area contributed by atoms with Crippen molar-refractivity contribution in [2.75, 3.05) is 25.2 Å². The van der Waals surface area contributed by atoms with E-state index in [0.29, 0.717) is 13.0 Å². The molecule has 6 heteroatoms. The number of carbonyl (C=O) groups excluding carboxylic acids is 2. The van der Waals surface area contributed by atoms with Gasteiger partial charge in [-0.2, -0.15) is 0 Å². The summed E-state index contributed by atoms with van der Waals surface area (Å²) < 4.78 is 4.85. The van der Waals surface area contributed by atoms with Crippen molar-refractivity contribution in [2.24, 2.45) is 5.73 Å². The average Bonchev–Trinajstić information content (AvgIpc) is 2.50. The molecule has 114 valence electrons. The van der Waals surface area contributed by atoms with Crippen LogP contribution in [0.1, 0.15) is 12.8 Å². The summed E-state index contributed by atoms with van der Waals surface area (Å²) >= 11 is 0. The van der Waals surface area contributed by atoms with Gasteiger partial charge in [0, 0.05) is 19.3 Å². The molecule has 6 nitrogen and oxygen atoms in total. The minimum atomic E-state index is -0.755. The van der Waals surface area contributed by atoms with Crippen molar-refractivity contribution < 1.29 is 14.3 Å². The van der Waals surface area contributed by atoms with Crippen molar-refractivity contribution in [3.63, 3.8) is 0 Å². The Bertz CT molecular complexity index is 492. The fourth-order valence-electron chi connectivity index (χ4n) is 2.41. The first kappa shape index (κ1) is 15.5. The molecular formula is C15H21N3O3. The van der Waals surface area contributed by atoms with Crippen LogP contribution < -0.4 is 16.0 Å². The Morgan fingerprint density at radius 3 is 2.86 bits per heavy atom. The Morgan fingerprint density at radius 1 is 1.48 bits per heavy atom. The SMILES string of the molecule is COCC(N)C(=O)NC1CCCN(c2ccccc2)C1=O. The Balaban J connectivity index is 2.02. The Hall–Kier alpha value is -1.92. The standard InChI is InChI=1S/C15H21N3O3/c1-21-10-12(16)14(19)17-13-8-5-9-18(15(13)20)11-6-3-2-4-7-11/h2-4,6-7,12-13H,5,8-10,16H2,1H3,(H,17,19). The number of carbonyl (C=O) groups is 2. The van der Waals surface area contributed by atoms with E-state index in [9.17, 15) is 9.59 Å². The van der Waals surface area contributed by atoms with E-state index in [0.717, 1.165) is 12.1 Å². The minimum Gasteiger partial charge on any atom is -0.383 e. The highest BCUT2D eigenvalue weighted by atomic mass is 16.5. The lowest BCUT2D eigenvalue weighted by Gasteiger charge is -2.33. The summed E-state index contributed by atoms with van der Waals surface area (Å²) in [5, 5.41) is 2.72. The molecule has 1 aromatic rings. The Labute approximate surface area is 124 Å². The molecule has 1 aromatic carbocycles. The number of nitrogens with zero attached hydrogens (tertiary/aromatic N) is 1. The van der Waals surface area contributed by atoms with Gasteiger partial charge in [-0.3, -0.25) is 9.59 Å². The average molecular weight is 291 g/mol. The van der Waals surface area contributed by atoms with Gasteiger partial charge in [0.05, 0.1) is 6.61 Å². The second kappa shape index (κ2) is 7.19. The number of piperidine rings is 1. The molecule has 2 atom stereocenters. The highest BCUT2D eigenvalue weighted by molar-refractivity contribution is 6.00. The second-order valence-corrected chi connectivity index (χ2v) is 5.09. The number of methoxy groups -OCH3 is 1. The maximum absolute atomic E-state index is 12.5. The smallest absolute Gasteiger partial charge is 0.249 e.